The van der Waals surface area contributed by atoms with Crippen molar-refractivity contribution in [3.05, 3.63) is 118 Å². The molecule has 4 aromatic rings. The van der Waals surface area contributed by atoms with Gasteiger partial charge < -0.3 is 9.15 Å². The van der Waals surface area contributed by atoms with Crippen LogP contribution in [-0.4, -0.2) is 22.6 Å². The van der Waals surface area contributed by atoms with Crippen LogP contribution in [0.3, 0.4) is 0 Å². The minimum absolute atomic E-state index is 0.0530. The Morgan fingerprint density at radius 3 is 2.68 bits per heavy atom. The van der Waals surface area contributed by atoms with Crippen molar-refractivity contribution in [1.29, 1.82) is 0 Å². The Balaban J connectivity index is 1.62. The molecule has 0 radical (unpaired) electrons. The van der Waals surface area contributed by atoms with Gasteiger partial charge in [-0.05, 0) is 36.8 Å². The van der Waals surface area contributed by atoms with Crippen LogP contribution in [0.5, 0.6) is 0 Å². The number of thiazole rings is 1. The number of non-ortho nitro benzene ring substituents is 1. The highest BCUT2D eigenvalue weighted by Gasteiger charge is 2.33. The Bertz CT molecular complexity index is 1760. The molecule has 0 bridgehead atoms. The third kappa shape index (κ3) is 4.52. The van der Waals surface area contributed by atoms with Crippen molar-refractivity contribution in [3.8, 4) is 11.3 Å². The zero-order valence-electron chi connectivity index (χ0n) is 19.5. The van der Waals surface area contributed by atoms with Crippen LogP contribution < -0.4 is 14.9 Å². The fourth-order valence-corrected chi connectivity index (χ4v) is 5.29. The van der Waals surface area contributed by atoms with E-state index in [0.29, 0.717) is 42.7 Å². The van der Waals surface area contributed by atoms with Crippen LogP contribution in [0.2, 0.25) is 5.02 Å². The number of ether oxygens (including phenoxy) is 1. The van der Waals surface area contributed by atoms with E-state index in [1.807, 2.05) is 0 Å². The van der Waals surface area contributed by atoms with E-state index in [1.54, 1.807) is 61.5 Å². The first-order valence-corrected chi connectivity index (χ1v) is 12.2. The molecule has 0 aliphatic carbocycles. The number of furan rings is 1. The van der Waals surface area contributed by atoms with Gasteiger partial charge in [0, 0.05) is 28.8 Å². The van der Waals surface area contributed by atoms with Crippen LogP contribution in [-0.2, 0) is 9.53 Å². The number of benzene rings is 2. The lowest BCUT2D eigenvalue weighted by molar-refractivity contribution is -0.384. The number of hydrogen-bond acceptors (Lipinski definition) is 8. The van der Waals surface area contributed by atoms with Crippen molar-refractivity contribution in [3.63, 3.8) is 0 Å². The van der Waals surface area contributed by atoms with E-state index >= 15 is 0 Å². The second kappa shape index (κ2) is 9.64. The lowest BCUT2D eigenvalue weighted by Gasteiger charge is -2.24. The normalized spacial score (nSPS) is 15.3. The highest BCUT2D eigenvalue weighted by atomic mass is 35.5. The van der Waals surface area contributed by atoms with Gasteiger partial charge in [0.1, 0.15) is 11.5 Å². The van der Waals surface area contributed by atoms with Gasteiger partial charge >= 0.3 is 5.97 Å². The average Bonchev–Trinajstić information content (AvgIpc) is 3.48. The molecule has 0 spiro atoms. The third-order valence-electron chi connectivity index (χ3n) is 5.85. The van der Waals surface area contributed by atoms with Crippen LogP contribution in [0, 0.1) is 10.1 Å². The third-order valence-corrected chi connectivity index (χ3v) is 7.09. The molecule has 1 aliphatic rings. The fraction of sp³-hybridized carbons (Fsp3) is 0.115. The largest absolute Gasteiger partial charge is 0.466 e. The van der Waals surface area contributed by atoms with Gasteiger partial charge in [-0.3, -0.25) is 19.5 Å². The van der Waals surface area contributed by atoms with Crippen molar-refractivity contribution in [2.45, 2.75) is 13.0 Å². The quantitative estimate of drug-likeness (QED) is 0.214. The van der Waals surface area contributed by atoms with Crippen LogP contribution in [0.15, 0.2) is 86.1 Å². The van der Waals surface area contributed by atoms with Crippen molar-refractivity contribution in [1.82, 2.24) is 4.57 Å². The summed E-state index contributed by atoms with van der Waals surface area (Å²) in [6.45, 7) is 1.70. The van der Waals surface area contributed by atoms with Gasteiger partial charge in [0.15, 0.2) is 4.80 Å². The fourth-order valence-electron chi connectivity index (χ4n) is 4.14. The number of esters is 1. The molecule has 0 amide bonds. The summed E-state index contributed by atoms with van der Waals surface area (Å²) in [4.78, 5) is 41.9. The first-order chi connectivity index (χ1) is 17.8. The molecular weight excluding hydrogens is 518 g/mol. The number of hydrogen-bond donors (Lipinski definition) is 0. The minimum Gasteiger partial charge on any atom is -0.466 e. The number of halogens is 1. The number of nitro benzene ring substituents is 1. The van der Waals surface area contributed by atoms with Crippen molar-refractivity contribution < 1.29 is 18.9 Å². The average molecular weight is 536 g/mol. The Kier molecular flexibility index (Phi) is 6.36. The number of aromatic nitrogens is 1. The number of nitro groups is 1. The molecule has 2 aromatic heterocycles. The highest BCUT2D eigenvalue weighted by molar-refractivity contribution is 7.07. The Morgan fingerprint density at radius 2 is 1.97 bits per heavy atom. The summed E-state index contributed by atoms with van der Waals surface area (Å²) in [6, 6.07) is 15.6. The second-order valence-corrected chi connectivity index (χ2v) is 9.58. The molecule has 11 heteroatoms. The molecule has 9 nitrogen and oxygen atoms in total. The monoisotopic (exact) mass is 535 g/mol. The van der Waals surface area contributed by atoms with Crippen LogP contribution in [0.4, 0.5) is 5.69 Å². The maximum Gasteiger partial charge on any atom is 0.338 e. The molecule has 0 fully saturated rings. The zero-order valence-corrected chi connectivity index (χ0v) is 21.1. The Morgan fingerprint density at radius 1 is 1.22 bits per heavy atom. The van der Waals surface area contributed by atoms with E-state index in [-0.39, 0.29) is 16.8 Å². The summed E-state index contributed by atoms with van der Waals surface area (Å²) in [5, 5.41) is 11.6. The van der Waals surface area contributed by atoms with E-state index in [9.17, 15) is 19.7 Å². The predicted molar refractivity (Wildman–Crippen MR) is 138 cm³/mol. The molecule has 1 aliphatic heterocycles. The van der Waals surface area contributed by atoms with Gasteiger partial charge in [0.05, 0.1) is 33.9 Å². The first-order valence-electron chi connectivity index (χ1n) is 11.0. The van der Waals surface area contributed by atoms with Gasteiger partial charge in [-0.25, -0.2) is 9.79 Å². The van der Waals surface area contributed by atoms with Gasteiger partial charge in [-0.1, -0.05) is 47.2 Å². The lowest BCUT2D eigenvalue weighted by atomic mass is 9.96. The van der Waals surface area contributed by atoms with Gasteiger partial charge in [-0.15, -0.1) is 0 Å². The van der Waals surface area contributed by atoms with Gasteiger partial charge in [0.25, 0.3) is 11.2 Å². The van der Waals surface area contributed by atoms with Crippen molar-refractivity contribution in [2.24, 2.45) is 4.99 Å². The summed E-state index contributed by atoms with van der Waals surface area (Å²) < 4.78 is 12.7. The van der Waals surface area contributed by atoms with Crippen molar-refractivity contribution >= 4 is 40.7 Å². The molecule has 186 valence electrons. The zero-order chi connectivity index (χ0) is 26.3. The maximum atomic E-state index is 13.6. The van der Waals surface area contributed by atoms with Crippen LogP contribution in [0.1, 0.15) is 24.3 Å². The summed E-state index contributed by atoms with van der Waals surface area (Å²) in [6.07, 6.45) is 1.58. The first kappa shape index (κ1) is 24.4. The maximum absolute atomic E-state index is 13.6. The molecule has 2 aromatic carbocycles. The number of fused-ring (bicyclic) bond motifs is 1. The SMILES string of the molecule is COC(=O)C1=C(C)N=c2s/c(=C/c3ccc(-c4cccc([N+](=O)[O-])c4)o3)c(=O)n2[C@H]1c1ccc(Cl)cc1. The van der Waals surface area contributed by atoms with Gasteiger partial charge in [0.2, 0.25) is 0 Å². The van der Waals surface area contributed by atoms with E-state index in [1.165, 1.54) is 23.8 Å². The smallest absolute Gasteiger partial charge is 0.338 e. The predicted octanol–water partition coefficient (Wildman–Crippen LogP) is 4.23. The Hall–Kier alpha value is -4.28. The standard InChI is InChI=1S/C26H18ClN3O6S/c1-14-22(25(32)35-2)23(15-6-8-17(27)9-7-15)29-24(31)21(37-26(29)28-14)13-19-10-11-20(36-19)16-4-3-5-18(12-16)30(33)34/h3-13,23H,1-2H3/b21-13+/t23-/m0/s1. The number of carbonyl (C=O) groups is 1. The topological polar surface area (TPSA) is 117 Å². The summed E-state index contributed by atoms with van der Waals surface area (Å²) in [5.41, 5.74) is 1.52. The summed E-state index contributed by atoms with van der Waals surface area (Å²) >= 11 is 7.23. The van der Waals surface area contributed by atoms with E-state index < -0.39 is 16.9 Å². The van der Waals surface area contributed by atoms with Gasteiger partial charge in [-0.2, -0.15) is 0 Å². The number of rotatable bonds is 5. The van der Waals surface area contributed by atoms with E-state index in [0.717, 1.165) is 11.3 Å². The second-order valence-electron chi connectivity index (χ2n) is 8.13. The molecule has 0 saturated carbocycles. The molecule has 0 N–H and O–H groups in total. The molecule has 37 heavy (non-hydrogen) atoms. The lowest BCUT2D eigenvalue weighted by Crippen LogP contribution is -2.39. The molecule has 3 heterocycles. The Labute approximate surface area is 218 Å². The van der Waals surface area contributed by atoms with E-state index in [4.69, 9.17) is 20.8 Å². The number of methoxy groups -OCH3 is 1. The molecule has 1 atom stereocenters. The minimum atomic E-state index is -0.750. The van der Waals surface area contributed by atoms with Crippen LogP contribution >= 0.6 is 22.9 Å². The number of allylic oxidation sites excluding steroid dienone is 1. The van der Waals surface area contributed by atoms with E-state index in [2.05, 4.69) is 4.99 Å². The number of nitrogens with zero attached hydrogens (tertiary/aromatic N) is 3. The summed E-state index contributed by atoms with van der Waals surface area (Å²) in [5.74, 6) is 0.229. The molecule has 0 saturated heterocycles. The molecule has 5 rings (SSSR count). The number of carbonyl (C=O) groups excluding carboxylic acids is 1. The van der Waals surface area contributed by atoms with Crippen molar-refractivity contribution in [2.75, 3.05) is 7.11 Å². The molecule has 0 unspecified atom stereocenters. The molecular formula is C26H18ClN3O6S. The van der Waals surface area contributed by atoms with Crippen LogP contribution in [0.25, 0.3) is 17.4 Å². The highest BCUT2D eigenvalue weighted by Crippen LogP contribution is 2.31. The summed E-state index contributed by atoms with van der Waals surface area (Å²) in [7, 11) is 1.28.